The van der Waals surface area contributed by atoms with E-state index in [4.69, 9.17) is 16.9 Å². The van der Waals surface area contributed by atoms with Crippen molar-refractivity contribution in [2.45, 2.75) is 13.3 Å². The Kier molecular flexibility index (Phi) is 2.79. The summed E-state index contributed by atoms with van der Waals surface area (Å²) in [5, 5.41) is 8.60. The maximum absolute atomic E-state index is 12.4. The Morgan fingerprint density at radius 2 is 2.23 bits per heavy atom. The highest BCUT2D eigenvalue weighted by atomic mass is 35.5. The smallest absolute Gasteiger partial charge is 0.241 e. The van der Waals surface area contributed by atoms with Crippen molar-refractivity contribution in [2.24, 2.45) is 0 Å². The maximum Gasteiger partial charge on any atom is 0.266 e. The fraction of sp³-hybridized carbons (Fsp3) is 0.250. The van der Waals surface area contributed by atoms with Gasteiger partial charge in [-0.25, -0.2) is 13.8 Å². The van der Waals surface area contributed by atoms with E-state index in [1.165, 1.54) is 6.92 Å². The van der Waals surface area contributed by atoms with E-state index in [1.54, 1.807) is 6.07 Å². The Labute approximate surface area is 78.8 Å². The number of rotatable bonds is 1. The van der Waals surface area contributed by atoms with Crippen LogP contribution in [0.25, 0.3) is 0 Å². The molecule has 0 N–H and O–H groups in total. The normalized spacial score (nSPS) is 10.2. The van der Waals surface area contributed by atoms with Crippen LogP contribution in [0.1, 0.15) is 23.2 Å². The highest BCUT2D eigenvalue weighted by Gasteiger charge is 2.17. The molecule has 0 aliphatic heterocycles. The first kappa shape index (κ1) is 9.87. The molecule has 0 fully saturated rings. The van der Waals surface area contributed by atoms with Crippen molar-refractivity contribution < 1.29 is 8.78 Å². The van der Waals surface area contributed by atoms with Crippen LogP contribution in [-0.4, -0.2) is 4.98 Å². The summed E-state index contributed by atoms with van der Waals surface area (Å²) < 4.78 is 24.7. The number of alkyl halides is 2. The van der Waals surface area contributed by atoms with Crippen LogP contribution in [0.4, 0.5) is 8.78 Å². The zero-order chi connectivity index (χ0) is 10.0. The summed E-state index contributed by atoms with van der Waals surface area (Å²) in [7, 11) is 0. The number of hydrogen-bond acceptors (Lipinski definition) is 2. The van der Waals surface area contributed by atoms with Crippen molar-refractivity contribution in [3.05, 3.63) is 28.0 Å². The molecule has 0 amide bonds. The van der Waals surface area contributed by atoms with Gasteiger partial charge in [-0.05, 0) is 13.0 Å². The van der Waals surface area contributed by atoms with Crippen molar-refractivity contribution in [3.63, 3.8) is 0 Å². The molecule has 68 valence electrons. The molecule has 1 aromatic heterocycles. The third kappa shape index (κ3) is 1.93. The number of aryl methyl sites for hydroxylation is 1. The van der Waals surface area contributed by atoms with Crippen molar-refractivity contribution in [3.8, 4) is 6.07 Å². The summed E-state index contributed by atoms with van der Waals surface area (Å²) in [6.45, 7) is 1.40. The molecule has 5 heteroatoms. The van der Waals surface area contributed by atoms with Crippen LogP contribution < -0.4 is 0 Å². The van der Waals surface area contributed by atoms with Crippen LogP contribution in [-0.2, 0) is 0 Å². The van der Waals surface area contributed by atoms with Gasteiger partial charge in [0.05, 0.1) is 17.2 Å². The molecule has 0 unspecified atom stereocenters. The molecule has 0 aliphatic carbocycles. The van der Waals surface area contributed by atoms with Crippen molar-refractivity contribution in [2.75, 3.05) is 0 Å². The fourth-order valence-corrected chi connectivity index (χ4v) is 1.25. The monoisotopic (exact) mass is 202 g/mol. The predicted octanol–water partition coefficient (Wildman–Crippen LogP) is 2.85. The lowest BCUT2D eigenvalue weighted by atomic mass is 10.1. The molecular weight excluding hydrogens is 198 g/mol. The van der Waals surface area contributed by atoms with Crippen molar-refractivity contribution >= 4 is 11.6 Å². The van der Waals surface area contributed by atoms with Crippen LogP contribution in [0.15, 0.2) is 6.07 Å². The molecule has 0 radical (unpaired) electrons. The van der Waals surface area contributed by atoms with Crippen molar-refractivity contribution in [1.29, 1.82) is 5.26 Å². The Bertz CT molecular complexity index is 371. The molecule has 2 nitrogen and oxygen atoms in total. The Hall–Kier alpha value is -1.21. The van der Waals surface area contributed by atoms with Crippen LogP contribution >= 0.6 is 11.6 Å². The van der Waals surface area contributed by atoms with E-state index in [0.29, 0.717) is 0 Å². The van der Waals surface area contributed by atoms with Crippen molar-refractivity contribution in [1.82, 2.24) is 4.98 Å². The van der Waals surface area contributed by atoms with Crippen LogP contribution in [0.3, 0.4) is 0 Å². The van der Waals surface area contributed by atoms with Gasteiger partial charge in [0.25, 0.3) is 6.43 Å². The third-order valence-electron chi connectivity index (χ3n) is 1.56. The third-order valence-corrected chi connectivity index (χ3v) is 1.75. The average molecular weight is 203 g/mol. The second-order valence-corrected chi connectivity index (χ2v) is 2.79. The number of nitriles is 1. The first-order valence-corrected chi connectivity index (χ1v) is 3.79. The second kappa shape index (κ2) is 3.67. The van der Waals surface area contributed by atoms with Gasteiger partial charge < -0.3 is 0 Å². The zero-order valence-corrected chi connectivity index (χ0v) is 7.44. The predicted molar refractivity (Wildman–Crippen MR) is 43.7 cm³/mol. The molecule has 1 rings (SSSR count). The summed E-state index contributed by atoms with van der Waals surface area (Å²) in [6, 6.07) is 2.79. The van der Waals surface area contributed by atoms with E-state index in [2.05, 4.69) is 4.98 Å². The van der Waals surface area contributed by atoms with Gasteiger partial charge in [-0.2, -0.15) is 5.26 Å². The van der Waals surface area contributed by atoms with Gasteiger partial charge >= 0.3 is 0 Å². The van der Waals surface area contributed by atoms with Crippen LogP contribution in [0.2, 0.25) is 5.15 Å². The summed E-state index contributed by atoms with van der Waals surface area (Å²) in [5.41, 5.74) is -0.363. The molecule has 0 saturated carbocycles. The Morgan fingerprint density at radius 1 is 1.62 bits per heavy atom. The number of halogens is 3. The minimum Gasteiger partial charge on any atom is -0.241 e. The summed E-state index contributed by atoms with van der Waals surface area (Å²) in [5.74, 6) is 0. The van der Waals surface area contributed by atoms with Crippen LogP contribution in [0, 0.1) is 18.3 Å². The van der Waals surface area contributed by atoms with E-state index >= 15 is 0 Å². The standard InChI is InChI=1S/C8H5ClF2N2/c1-4-7(8(10)11)5(3-12)2-6(9)13-4/h2,8H,1H3. The van der Waals surface area contributed by atoms with Gasteiger partial charge in [0, 0.05) is 5.69 Å². The lowest BCUT2D eigenvalue weighted by Gasteiger charge is -2.05. The first-order valence-electron chi connectivity index (χ1n) is 3.41. The summed E-state index contributed by atoms with van der Waals surface area (Å²) in [4.78, 5) is 3.64. The highest BCUT2D eigenvalue weighted by Crippen LogP contribution is 2.26. The lowest BCUT2D eigenvalue weighted by Crippen LogP contribution is -1.98. The van der Waals surface area contributed by atoms with E-state index in [-0.39, 0.29) is 22.0 Å². The number of nitrogens with zero attached hydrogens (tertiary/aromatic N) is 2. The van der Waals surface area contributed by atoms with E-state index in [0.717, 1.165) is 6.07 Å². The molecule has 0 spiro atoms. The Morgan fingerprint density at radius 3 is 2.69 bits per heavy atom. The summed E-state index contributed by atoms with van der Waals surface area (Å²) >= 11 is 5.50. The molecule has 0 bridgehead atoms. The second-order valence-electron chi connectivity index (χ2n) is 2.40. The number of pyridine rings is 1. The lowest BCUT2D eigenvalue weighted by molar-refractivity contribution is 0.149. The van der Waals surface area contributed by atoms with Gasteiger partial charge in [-0.1, -0.05) is 11.6 Å². The number of hydrogen-bond donors (Lipinski definition) is 0. The molecule has 0 aromatic carbocycles. The van der Waals surface area contributed by atoms with Gasteiger partial charge in [0.2, 0.25) is 0 Å². The molecule has 0 aliphatic rings. The molecule has 1 heterocycles. The fourth-order valence-electron chi connectivity index (χ4n) is 1.01. The first-order chi connectivity index (χ1) is 6.06. The topological polar surface area (TPSA) is 36.7 Å². The molecule has 1 aromatic rings. The van der Waals surface area contributed by atoms with E-state index < -0.39 is 6.43 Å². The van der Waals surface area contributed by atoms with E-state index in [1.807, 2.05) is 0 Å². The molecular formula is C8H5ClF2N2. The van der Waals surface area contributed by atoms with E-state index in [9.17, 15) is 8.78 Å². The SMILES string of the molecule is Cc1nc(Cl)cc(C#N)c1C(F)F. The quantitative estimate of drug-likeness (QED) is 0.657. The minimum absolute atomic E-state index is 0.0541. The average Bonchev–Trinajstić information content (AvgIpc) is 2.01. The highest BCUT2D eigenvalue weighted by molar-refractivity contribution is 6.29. The van der Waals surface area contributed by atoms with Gasteiger partial charge in [-0.15, -0.1) is 0 Å². The zero-order valence-electron chi connectivity index (χ0n) is 6.68. The Balaban J connectivity index is 3.41. The minimum atomic E-state index is -2.69. The molecule has 13 heavy (non-hydrogen) atoms. The summed E-state index contributed by atoms with van der Waals surface area (Å²) in [6.07, 6.45) is -2.69. The number of aromatic nitrogens is 1. The van der Waals surface area contributed by atoms with Crippen LogP contribution in [0.5, 0.6) is 0 Å². The molecule has 0 saturated heterocycles. The maximum atomic E-state index is 12.4. The van der Waals surface area contributed by atoms with Gasteiger partial charge in [0.1, 0.15) is 5.15 Å². The molecule has 0 atom stereocenters. The van der Waals surface area contributed by atoms with Gasteiger partial charge in [-0.3, -0.25) is 0 Å². The largest absolute Gasteiger partial charge is 0.266 e. The van der Waals surface area contributed by atoms with Gasteiger partial charge in [0.15, 0.2) is 0 Å².